The maximum Gasteiger partial charge on any atom is 0.125 e. The molecule has 1 aromatic heterocycles. The predicted octanol–water partition coefficient (Wildman–Crippen LogP) is 4.26. The van der Waals surface area contributed by atoms with E-state index in [2.05, 4.69) is 56.2 Å². The van der Waals surface area contributed by atoms with Gasteiger partial charge >= 0.3 is 0 Å². The zero-order chi connectivity index (χ0) is 13.2. The Labute approximate surface area is 118 Å². The van der Waals surface area contributed by atoms with Gasteiger partial charge in [0, 0.05) is 0 Å². The van der Waals surface area contributed by atoms with Gasteiger partial charge in [0.05, 0.1) is 15.2 Å². The van der Waals surface area contributed by atoms with Crippen molar-refractivity contribution in [2.45, 2.75) is 20.1 Å². The molecule has 0 amide bonds. The minimum Gasteiger partial charge on any atom is -0.242 e. The van der Waals surface area contributed by atoms with Crippen molar-refractivity contribution < 1.29 is 0 Å². The number of benzene rings is 2. The second-order valence-corrected chi connectivity index (χ2v) is 6.02. The van der Waals surface area contributed by atoms with Gasteiger partial charge in [-0.2, -0.15) is 0 Å². The first-order valence-corrected chi connectivity index (χ1v) is 7.54. The number of rotatable bonds is 3. The first kappa shape index (κ1) is 12.4. The van der Waals surface area contributed by atoms with Crippen LogP contribution in [0, 0.1) is 6.92 Å². The lowest BCUT2D eigenvalue weighted by Gasteiger charge is -2.02. The highest BCUT2D eigenvalue weighted by Crippen LogP contribution is 2.28. The van der Waals surface area contributed by atoms with Crippen LogP contribution in [0.25, 0.3) is 21.3 Å². The summed E-state index contributed by atoms with van der Waals surface area (Å²) in [5.74, 6) is 0. The van der Waals surface area contributed by atoms with Crippen LogP contribution in [0.1, 0.15) is 10.6 Å². The van der Waals surface area contributed by atoms with Crippen molar-refractivity contribution in [1.82, 2.24) is 4.98 Å². The Morgan fingerprint density at radius 1 is 1.11 bits per heavy atom. The molecular weight excluding hydrogens is 249 g/mol. The molecule has 1 nitrogen and oxygen atoms in total. The van der Waals surface area contributed by atoms with Gasteiger partial charge < -0.3 is 0 Å². The van der Waals surface area contributed by atoms with Crippen molar-refractivity contribution in [1.29, 1.82) is 0 Å². The van der Waals surface area contributed by atoms with Crippen LogP contribution in [-0.4, -0.2) is 12.3 Å². The molecule has 0 radical (unpaired) electrons. The van der Waals surface area contributed by atoms with E-state index in [-0.39, 0.29) is 0 Å². The summed E-state index contributed by atoms with van der Waals surface area (Å²) in [5.41, 5.74) is 4.95. The van der Waals surface area contributed by atoms with Crippen LogP contribution in [0.4, 0.5) is 0 Å². The first-order valence-electron chi connectivity index (χ1n) is 6.73. The Morgan fingerprint density at radius 3 is 2.74 bits per heavy atom. The highest BCUT2D eigenvalue weighted by Gasteiger charge is 2.05. The topological polar surface area (TPSA) is 12.9 Å². The van der Waals surface area contributed by atoms with Gasteiger partial charge in [-0.1, -0.05) is 42.7 Å². The number of hydrogen-bond acceptors (Lipinski definition) is 2. The third-order valence-electron chi connectivity index (χ3n) is 3.25. The standard InChI is InChI=1S/C16H16BNS/c1-11-4-3-5-12(8-11)13-6-7-15-14(9-13)18-16(19-15)10-17-2/h3-9,17H,10H2,1-2H3. The molecule has 0 saturated carbocycles. The van der Waals surface area contributed by atoms with E-state index in [0.717, 1.165) is 19.1 Å². The van der Waals surface area contributed by atoms with E-state index in [1.54, 1.807) is 0 Å². The normalized spacial score (nSPS) is 10.8. The summed E-state index contributed by atoms with van der Waals surface area (Å²) in [6, 6.07) is 15.2. The molecule has 19 heavy (non-hydrogen) atoms. The Hall–Kier alpha value is -1.61. The second-order valence-electron chi connectivity index (χ2n) is 4.91. The van der Waals surface area contributed by atoms with Crippen molar-refractivity contribution in [2.75, 3.05) is 0 Å². The number of aryl methyl sites for hydroxylation is 1. The van der Waals surface area contributed by atoms with E-state index in [1.807, 2.05) is 11.3 Å². The zero-order valence-corrected chi connectivity index (χ0v) is 12.1. The molecule has 3 heteroatoms. The Balaban J connectivity index is 2.05. The van der Waals surface area contributed by atoms with Crippen LogP contribution in [0.5, 0.6) is 0 Å². The van der Waals surface area contributed by atoms with Crippen molar-refractivity contribution >= 4 is 28.8 Å². The Bertz CT molecular complexity index is 718. The zero-order valence-electron chi connectivity index (χ0n) is 11.3. The van der Waals surface area contributed by atoms with E-state index in [9.17, 15) is 0 Å². The van der Waals surface area contributed by atoms with Crippen molar-refractivity contribution in [2.24, 2.45) is 0 Å². The fourth-order valence-corrected chi connectivity index (χ4v) is 3.35. The molecule has 0 atom stereocenters. The molecule has 0 aliphatic heterocycles. The molecule has 0 aliphatic carbocycles. The minimum atomic E-state index is 1.08. The number of hydrogen-bond donors (Lipinski definition) is 0. The van der Waals surface area contributed by atoms with Crippen LogP contribution < -0.4 is 0 Å². The van der Waals surface area contributed by atoms with Crippen molar-refractivity contribution in [3.05, 3.63) is 53.0 Å². The van der Waals surface area contributed by atoms with Crippen LogP contribution in [0.3, 0.4) is 0 Å². The molecule has 3 rings (SSSR count). The summed E-state index contributed by atoms with van der Waals surface area (Å²) in [6.45, 7) is 4.33. The van der Waals surface area contributed by atoms with E-state index >= 15 is 0 Å². The molecule has 0 unspecified atom stereocenters. The Morgan fingerprint density at radius 2 is 1.95 bits per heavy atom. The average molecular weight is 265 g/mol. The monoisotopic (exact) mass is 265 g/mol. The predicted molar refractivity (Wildman–Crippen MR) is 86.5 cm³/mol. The molecular formula is C16H16BNS. The van der Waals surface area contributed by atoms with Gasteiger partial charge in [0.2, 0.25) is 0 Å². The molecule has 0 saturated heterocycles. The van der Waals surface area contributed by atoms with Gasteiger partial charge in [-0.25, -0.2) is 4.98 Å². The average Bonchev–Trinajstić information content (AvgIpc) is 2.80. The van der Waals surface area contributed by atoms with Gasteiger partial charge in [0.1, 0.15) is 7.28 Å². The van der Waals surface area contributed by atoms with Gasteiger partial charge in [-0.3, -0.25) is 0 Å². The maximum atomic E-state index is 4.73. The number of aromatic nitrogens is 1. The summed E-state index contributed by atoms with van der Waals surface area (Å²) in [4.78, 5) is 4.73. The molecule has 0 N–H and O–H groups in total. The lowest BCUT2D eigenvalue weighted by atomic mass is 9.79. The van der Waals surface area contributed by atoms with Crippen LogP contribution in [0.2, 0.25) is 6.82 Å². The summed E-state index contributed by atoms with van der Waals surface area (Å²) in [5, 5.41) is 1.25. The van der Waals surface area contributed by atoms with E-state index in [1.165, 1.54) is 26.4 Å². The third kappa shape index (κ3) is 2.56. The fraction of sp³-hybridized carbons (Fsp3) is 0.188. The lowest BCUT2D eigenvalue weighted by Crippen LogP contribution is -1.88. The van der Waals surface area contributed by atoms with E-state index < -0.39 is 0 Å². The third-order valence-corrected chi connectivity index (χ3v) is 4.34. The van der Waals surface area contributed by atoms with E-state index in [0.29, 0.717) is 0 Å². The lowest BCUT2D eigenvalue weighted by molar-refractivity contribution is 1.29. The molecule has 0 aliphatic rings. The minimum absolute atomic E-state index is 1.08. The van der Waals surface area contributed by atoms with Crippen LogP contribution >= 0.6 is 11.3 Å². The molecule has 2 aromatic carbocycles. The molecule has 3 aromatic rings. The fourth-order valence-electron chi connectivity index (χ4n) is 2.30. The van der Waals surface area contributed by atoms with Gasteiger partial charge in [-0.15, -0.1) is 11.3 Å². The van der Waals surface area contributed by atoms with E-state index in [4.69, 9.17) is 4.98 Å². The number of fused-ring (bicyclic) bond motifs is 1. The molecule has 0 fully saturated rings. The van der Waals surface area contributed by atoms with Crippen LogP contribution in [0.15, 0.2) is 42.5 Å². The number of thiazole rings is 1. The highest BCUT2D eigenvalue weighted by molar-refractivity contribution is 7.18. The highest BCUT2D eigenvalue weighted by atomic mass is 32.1. The van der Waals surface area contributed by atoms with Crippen LogP contribution in [-0.2, 0) is 6.32 Å². The smallest absolute Gasteiger partial charge is 0.125 e. The quantitative estimate of drug-likeness (QED) is 0.645. The molecule has 0 spiro atoms. The molecule has 94 valence electrons. The summed E-state index contributed by atoms with van der Waals surface area (Å²) in [7, 11) is 1.16. The van der Waals surface area contributed by atoms with Crippen molar-refractivity contribution in [3.8, 4) is 11.1 Å². The SMILES string of the molecule is CBCc1nc2cc(-c3cccc(C)c3)ccc2s1. The molecule has 1 heterocycles. The van der Waals surface area contributed by atoms with Gasteiger partial charge in [0.15, 0.2) is 0 Å². The van der Waals surface area contributed by atoms with Gasteiger partial charge in [-0.05, 0) is 36.5 Å². The molecule has 0 bridgehead atoms. The summed E-state index contributed by atoms with van der Waals surface area (Å²) in [6.07, 6.45) is 1.08. The first-order chi connectivity index (χ1) is 9.26. The number of nitrogens with zero attached hydrogens (tertiary/aromatic N) is 1. The maximum absolute atomic E-state index is 4.73. The summed E-state index contributed by atoms with van der Waals surface area (Å²) >= 11 is 1.82. The van der Waals surface area contributed by atoms with Gasteiger partial charge in [0.25, 0.3) is 0 Å². The second kappa shape index (κ2) is 5.18. The Kier molecular flexibility index (Phi) is 3.39. The van der Waals surface area contributed by atoms with Crippen molar-refractivity contribution in [3.63, 3.8) is 0 Å². The summed E-state index contributed by atoms with van der Waals surface area (Å²) < 4.78 is 1.29. The largest absolute Gasteiger partial charge is 0.242 e.